The van der Waals surface area contributed by atoms with E-state index in [9.17, 15) is 4.79 Å². The number of carbonyl (C=O) groups is 1. The van der Waals surface area contributed by atoms with Crippen molar-refractivity contribution in [1.82, 2.24) is 15.2 Å². The van der Waals surface area contributed by atoms with Gasteiger partial charge >= 0.3 is 0 Å². The molecule has 4 rings (SSSR count). The van der Waals surface area contributed by atoms with Crippen LogP contribution in [0.1, 0.15) is 21.8 Å². The maximum Gasteiger partial charge on any atom is 0.232 e. The largest absolute Gasteiger partial charge is 0.300 e. The molecule has 0 saturated heterocycles. The second-order valence-corrected chi connectivity index (χ2v) is 8.90. The summed E-state index contributed by atoms with van der Waals surface area (Å²) in [5.74, 6) is -0.156. The van der Waals surface area contributed by atoms with Gasteiger partial charge in [0.2, 0.25) is 11.0 Å². The lowest BCUT2D eigenvalue weighted by molar-refractivity contribution is -0.115. The molecule has 29 heavy (non-hydrogen) atoms. The third-order valence-corrected chi connectivity index (χ3v) is 6.16. The zero-order valence-electron chi connectivity index (χ0n) is 15.6. The van der Waals surface area contributed by atoms with Crippen LogP contribution in [0.3, 0.4) is 0 Å². The number of aromatic nitrogens is 3. The molecule has 2 heterocycles. The zero-order valence-corrected chi connectivity index (χ0v) is 17.9. The van der Waals surface area contributed by atoms with Gasteiger partial charge in [0.05, 0.1) is 12.1 Å². The van der Waals surface area contributed by atoms with Crippen LogP contribution < -0.4 is 5.32 Å². The number of hydrogen-bond donors (Lipinski definition) is 1. The summed E-state index contributed by atoms with van der Waals surface area (Å²) in [7, 11) is 0. The van der Waals surface area contributed by atoms with E-state index in [0.29, 0.717) is 16.6 Å². The zero-order chi connectivity index (χ0) is 20.2. The van der Waals surface area contributed by atoms with Crippen LogP contribution in [-0.4, -0.2) is 21.1 Å². The number of nitrogens with zero attached hydrogens (tertiary/aromatic N) is 3. The highest BCUT2D eigenvalue weighted by atomic mass is 35.5. The predicted octanol–water partition coefficient (Wildman–Crippen LogP) is 5.40. The number of thiazole rings is 1. The van der Waals surface area contributed by atoms with Gasteiger partial charge in [0.25, 0.3) is 0 Å². The Morgan fingerprint density at radius 1 is 1.14 bits per heavy atom. The molecule has 4 aromatic rings. The predicted molar refractivity (Wildman–Crippen MR) is 119 cm³/mol. The molecule has 8 heteroatoms. The van der Waals surface area contributed by atoms with E-state index in [1.807, 2.05) is 41.8 Å². The first-order valence-electron chi connectivity index (χ1n) is 8.93. The first kappa shape index (κ1) is 19.7. The Morgan fingerprint density at radius 2 is 1.97 bits per heavy atom. The number of aryl methyl sites for hydroxylation is 1. The SMILES string of the molecule is Cc1ccc(-c2nc(CC(=O)Nc3nnc(Cc4cccc(Cl)c4)s3)cs2)cc1. The molecule has 0 aliphatic carbocycles. The van der Waals surface area contributed by atoms with Gasteiger partial charge in [0.1, 0.15) is 10.0 Å². The van der Waals surface area contributed by atoms with Crippen molar-refractivity contribution in [1.29, 1.82) is 0 Å². The minimum atomic E-state index is -0.156. The Hall–Kier alpha value is -2.61. The number of nitrogens with one attached hydrogen (secondary N) is 1. The normalized spacial score (nSPS) is 10.8. The molecular weight excluding hydrogens is 424 g/mol. The van der Waals surface area contributed by atoms with Crippen LogP contribution >= 0.6 is 34.3 Å². The standard InChI is InChI=1S/C21H17ClN4OS2/c1-13-5-7-15(8-6-13)20-23-17(12-28-20)11-18(27)24-21-26-25-19(29-21)10-14-3-2-4-16(22)9-14/h2-9,12H,10-11H2,1H3,(H,24,26,27). The lowest BCUT2D eigenvalue weighted by atomic mass is 10.2. The fourth-order valence-electron chi connectivity index (χ4n) is 2.74. The third kappa shape index (κ3) is 5.26. The average Bonchev–Trinajstić information content (AvgIpc) is 3.32. The van der Waals surface area contributed by atoms with Gasteiger partial charge < -0.3 is 5.32 Å². The Bertz CT molecular complexity index is 1140. The Morgan fingerprint density at radius 3 is 2.76 bits per heavy atom. The molecule has 1 N–H and O–H groups in total. The summed E-state index contributed by atoms with van der Waals surface area (Å²) >= 11 is 8.91. The molecule has 0 spiro atoms. The van der Waals surface area contributed by atoms with Gasteiger partial charge in [-0.2, -0.15) is 0 Å². The molecular formula is C21H17ClN4OS2. The third-order valence-electron chi connectivity index (χ3n) is 4.15. The molecule has 146 valence electrons. The van der Waals surface area contributed by atoms with Crippen LogP contribution in [0, 0.1) is 6.92 Å². The molecule has 0 fully saturated rings. The maximum atomic E-state index is 12.4. The van der Waals surface area contributed by atoms with E-state index in [0.717, 1.165) is 26.8 Å². The molecule has 0 radical (unpaired) electrons. The molecule has 0 unspecified atom stereocenters. The number of rotatable bonds is 6. The highest BCUT2D eigenvalue weighted by molar-refractivity contribution is 7.15. The van der Waals surface area contributed by atoms with Crippen LogP contribution in [0.25, 0.3) is 10.6 Å². The number of benzene rings is 2. The van der Waals surface area contributed by atoms with Crippen molar-refractivity contribution < 1.29 is 4.79 Å². The number of amides is 1. The van der Waals surface area contributed by atoms with E-state index in [1.54, 1.807) is 0 Å². The Kier molecular flexibility index (Phi) is 5.99. The number of halogens is 1. The summed E-state index contributed by atoms with van der Waals surface area (Å²) in [5.41, 5.74) is 4.06. The van der Waals surface area contributed by atoms with E-state index in [1.165, 1.54) is 28.2 Å². The average molecular weight is 441 g/mol. The van der Waals surface area contributed by atoms with Gasteiger partial charge in [-0.3, -0.25) is 4.79 Å². The maximum absolute atomic E-state index is 12.4. The quantitative estimate of drug-likeness (QED) is 0.436. The second-order valence-electron chi connectivity index (χ2n) is 6.54. The van der Waals surface area contributed by atoms with Crippen molar-refractivity contribution in [3.8, 4) is 10.6 Å². The highest BCUT2D eigenvalue weighted by Crippen LogP contribution is 2.25. The van der Waals surface area contributed by atoms with Gasteiger partial charge in [0.15, 0.2) is 0 Å². The molecule has 0 atom stereocenters. The lowest BCUT2D eigenvalue weighted by Crippen LogP contribution is -2.14. The van der Waals surface area contributed by atoms with Gasteiger partial charge in [-0.1, -0.05) is 64.9 Å². The summed E-state index contributed by atoms with van der Waals surface area (Å²) in [6.45, 7) is 2.05. The molecule has 2 aromatic carbocycles. The van der Waals surface area contributed by atoms with Crippen LogP contribution in [0.15, 0.2) is 53.9 Å². The number of anilines is 1. The van der Waals surface area contributed by atoms with Crippen molar-refractivity contribution in [3.05, 3.63) is 80.8 Å². The van der Waals surface area contributed by atoms with E-state index in [2.05, 4.69) is 39.6 Å². The molecule has 0 bridgehead atoms. The highest BCUT2D eigenvalue weighted by Gasteiger charge is 2.12. The van der Waals surface area contributed by atoms with Gasteiger partial charge in [-0.15, -0.1) is 21.5 Å². The summed E-state index contributed by atoms with van der Waals surface area (Å²) < 4.78 is 0. The van der Waals surface area contributed by atoms with E-state index >= 15 is 0 Å². The summed E-state index contributed by atoms with van der Waals surface area (Å²) in [4.78, 5) is 16.9. The molecule has 0 saturated carbocycles. The van der Waals surface area contributed by atoms with Crippen molar-refractivity contribution in [2.45, 2.75) is 19.8 Å². The molecule has 0 aliphatic rings. The fourth-order valence-corrected chi connectivity index (χ4v) is 4.57. The molecule has 0 aliphatic heterocycles. The van der Waals surface area contributed by atoms with Crippen LogP contribution in [0.5, 0.6) is 0 Å². The van der Waals surface area contributed by atoms with Gasteiger partial charge in [0, 0.05) is 22.4 Å². The summed E-state index contributed by atoms with van der Waals surface area (Å²) in [5, 5.41) is 15.8. The van der Waals surface area contributed by atoms with Gasteiger partial charge in [-0.05, 0) is 24.6 Å². The lowest BCUT2D eigenvalue weighted by Gasteiger charge is -1.99. The topological polar surface area (TPSA) is 67.8 Å². The summed E-state index contributed by atoms with van der Waals surface area (Å²) in [6.07, 6.45) is 0.825. The first-order valence-corrected chi connectivity index (χ1v) is 11.0. The van der Waals surface area contributed by atoms with Crippen molar-refractivity contribution in [2.24, 2.45) is 0 Å². The van der Waals surface area contributed by atoms with E-state index in [4.69, 9.17) is 11.6 Å². The van der Waals surface area contributed by atoms with Crippen molar-refractivity contribution in [3.63, 3.8) is 0 Å². The van der Waals surface area contributed by atoms with Gasteiger partial charge in [-0.25, -0.2) is 4.98 Å². The smallest absolute Gasteiger partial charge is 0.232 e. The van der Waals surface area contributed by atoms with Crippen molar-refractivity contribution >= 4 is 45.3 Å². The minimum Gasteiger partial charge on any atom is -0.300 e. The fraction of sp³-hybridized carbons (Fsp3) is 0.143. The monoisotopic (exact) mass is 440 g/mol. The minimum absolute atomic E-state index is 0.156. The number of carbonyl (C=O) groups excluding carboxylic acids is 1. The Balaban J connectivity index is 1.35. The van der Waals surface area contributed by atoms with Crippen LogP contribution in [0.4, 0.5) is 5.13 Å². The summed E-state index contributed by atoms with van der Waals surface area (Å²) in [6, 6.07) is 15.8. The van der Waals surface area contributed by atoms with Crippen LogP contribution in [-0.2, 0) is 17.6 Å². The molecule has 2 aromatic heterocycles. The first-order chi connectivity index (χ1) is 14.0. The second kappa shape index (κ2) is 8.82. The van der Waals surface area contributed by atoms with Crippen LogP contribution in [0.2, 0.25) is 5.02 Å². The molecule has 5 nitrogen and oxygen atoms in total. The van der Waals surface area contributed by atoms with Crippen molar-refractivity contribution in [2.75, 3.05) is 5.32 Å². The van der Waals surface area contributed by atoms with E-state index < -0.39 is 0 Å². The number of hydrogen-bond acceptors (Lipinski definition) is 6. The molecule has 1 amide bonds. The van der Waals surface area contributed by atoms with E-state index in [-0.39, 0.29) is 12.3 Å². The Labute approximate surface area is 181 Å².